The highest BCUT2D eigenvalue weighted by Crippen LogP contribution is 2.23. The fourth-order valence-electron chi connectivity index (χ4n) is 3.36. The molecule has 0 aliphatic carbocycles. The van der Waals surface area contributed by atoms with Crippen molar-refractivity contribution in [1.29, 1.82) is 0 Å². The highest BCUT2D eigenvalue weighted by atomic mass is 19.1. The van der Waals surface area contributed by atoms with Gasteiger partial charge in [0.15, 0.2) is 0 Å². The lowest BCUT2D eigenvalue weighted by Gasteiger charge is -2.43. The lowest BCUT2D eigenvalue weighted by molar-refractivity contribution is -0.136. The molecule has 0 radical (unpaired) electrons. The molecule has 1 aromatic rings. The number of hydrogen-bond acceptors (Lipinski definition) is 6. The Kier molecular flexibility index (Phi) is 5.53. The molecular weight excluding hydrogens is 331 g/mol. The number of methoxy groups -OCH3 is 1. The van der Waals surface area contributed by atoms with E-state index < -0.39 is 18.0 Å². The van der Waals surface area contributed by atoms with E-state index in [-0.39, 0.29) is 24.1 Å². The number of hydrogen-bond donors (Lipinski definition) is 2. The third-order valence-electron chi connectivity index (χ3n) is 4.83. The zero-order valence-electron chi connectivity index (χ0n) is 14.1. The molecule has 2 saturated heterocycles. The van der Waals surface area contributed by atoms with Crippen molar-refractivity contribution in [2.24, 2.45) is 0 Å². The summed E-state index contributed by atoms with van der Waals surface area (Å²) < 4.78 is 24.0. The number of piperazine rings is 1. The number of ether oxygens (including phenoxy) is 2. The Morgan fingerprint density at radius 3 is 2.64 bits per heavy atom. The van der Waals surface area contributed by atoms with Gasteiger partial charge in [-0.05, 0) is 18.2 Å². The zero-order valence-corrected chi connectivity index (χ0v) is 14.1. The molecule has 8 heteroatoms. The Labute approximate surface area is 145 Å². The quantitative estimate of drug-likeness (QED) is 0.777. The molecule has 2 fully saturated rings. The molecule has 7 nitrogen and oxygen atoms in total. The van der Waals surface area contributed by atoms with Gasteiger partial charge in [-0.15, -0.1) is 0 Å². The molecule has 2 N–H and O–H groups in total. The fourth-order valence-corrected chi connectivity index (χ4v) is 3.36. The maximum Gasteiger partial charge on any atom is 0.257 e. The summed E-state index contributed by atoms with van der Waals surface area (Å²) in [5.41, 5.74) is 0.201. The standard InChI is InChI=1S/C17H23FN2O5/c1-24-15-3-2-11(18)8-12(15)17(23)20-6-4-19(5-7-20)13-9-25-10-14(21)16(13)22/h2-3,8,13-14,16,21-22H,4-7,9-10H2,1H3/t13-,14-,16+/m1/s1. The second kappa shape index (κ2) is 7.65. The van der Waals surface area contributed by atoms with Crippen molar-refractivity contribution < 1.29 is 28.9 Å². The molecule has 3 rings (SSSR count). The van der Waals surface area contributed by atoms with Crippen molar-refractivity contribution in [2.45, 2.75) is 18.2 Å². The van der Waals surface area contributed by atoms with Crippen LogP contribution in [0.15, 0.2) is 18.2 Å². The van der Waals surface area contributed by atoms with Crippen LogP contribution in [0.4, 0.5) is 4.39 Å². The molecule has 0 unspecified atom stereocenters. The Hall–Kier alpha value is -1.74. The first kappa shape index (κ1) is 18.1. The van der Waals surface area contributed by atoms with Crippen molar-refractivity contribution in [3.8, 4) is 5.75 Å². The third-order valence-corrected chi connectivity index (χ3v) is 4.83. The number of aliphatic hydroxyl groups excluding tert-OH is 2. The van der Waals surface area contributed by atoms with Crippen molar-refractivity contribution in [1.82, 2.24) is 9.80 Å². The summed E-state index contributed by atoms with van der Waals surface area (Å²) in [5.74, 6) is -0.427. The summed E-state index contributed by atoms with van der Waals surface area (Å²) in [6, 6.07) is 3.59. The summed E-state index contributed by atoms with van der Waals surface area (Å²) >= 11 is 0. The highest BCUT2D eigenvalue weighted by Gasteiger charge is 2.37. The largest absolute Gasteiger partial charge is 0.496 e. The minimum absolute atomic E-state index is 0.134. The second-order valence-corrected chi connectivity index (χ2v) is 6.34. The van der Waals surface area contributed by atoms with Crippen LogP contribution in [0.25, 0.3) is 0 Å². The summed E-state index contributed by atoms with van der Waals surface area (Å²) in [5, 5.41) is 19.9. The van der Waals surface area contributed by atoms with E-state index in [1.807, 2.05) is 4.90 Å². The molecule has 2 aliphatic rings. The minimum Gasteiger partial charge on any atom is -0.496 e. The van der Waals surface area contributed by atoms with Crippen molar-refractivity contribution in [2.75, 3.05) is 46.5 Å². The van der Waals surface area contributed by atoms with Gasteiger partial charge in [0.1, 0.15) is 17.7 Å². The van der Waals surface area contributed by atoms with Crippen LogP contribution in [0.1, 0.15) is 10.4 Å². The molecule has 138 valence electrons. The van der Waals surface area contributed by atoms with E-state index in [1.54, 1.807) is 4.90 Å². The first-order valence-electron chi connectivity index (χ1n) is 8.32. The predicted molar refractivity (Wildman–Crippen MR) is 87.0 cm³/mol. The van der Waals surface area contributed by atoms with Gasteiger partial charge in [0.05, 0.1) is 38.0 Å². The van der Waals surface area contributed by atoms with Crippen LogP contribution >= 0.6 is 0 Å². The molecule has 2 aliphatic heterocycles. The van der Waals surface area contributed by atoms with Crippen LogP contribution < -0.4 is 4.74 Å². The van der Waals surface area contributed by atoms with Crippen LogP contribution in [0.3, 0.4) is 0 Å². The first-order valence-corrected chi connectivity index (χ1v) is 8.32. The zero-order chi connectivity index (χ0) is 18.0. The van der Waals surface area contributed by atoms with Crippen molar-refractivity contribution >= 4 is 5.91 Å². The number of aliphatic hydroxyl groups is 2. The summed E-state index contributed by atoms with van der Waals surface area (Å²) in [4.78, 5) is 16.3. The number of nitrogens with zero attached hydrogens (tertiary/aromatic N) is 2. The van der Waals surface area contributed by atoms with Crippen LogP contribution in [0, 0.1) is 5.82 Å². The normalized spacial score (nSPS) is 28.0. The van der Waals surface area contributed by atoms with E-state index in [9.17, 15) is 19.4 Å². The second-order valence-electron chi connectivity index (χ2n) is 6.34. The first-order chi connectivity index (χ1) is 12.0. The average Bonchev–Trinajstić information content (AvgIpc) is 2.63. The average molecular weight is 354 g/mol. The van der Waals surface area contributed by atoms with E-state index in [0.717, 1.165) is 0 Å². The van der Waals surface area contributed by atoms with E-state index in [4.69, 9.17) is 9.47 Å². The predicted octanol–water partition coefficient (Wildman–Crippen LogP) is -0.287. The molecule has 0 spiro atoms. The Balaban J connectivity index is 1.64. The third kappa shape index (κ3) is 3.77. The van der Waals surface area contributed by atoms with Gasteiger partial charge in [0.25, 0.3) is 5.91 Å². The molecule has 1 aromatic carbocycles. The van der Waals surface area contributed by atoms with E-state index >= 15 is 0 Å². The Bertz CT molecular complexity index is 621. The van der Waals surface area contributed by atoms with Gasteiger partial charge in [-0.25, -0.2) is 4.39 Å². The number of carbonyl (C=O) groups is 1. The van der Waals surface area contributed by atoms with Crippen LogP contribution in [-0.2, 0) is 4.74 Å². The fraction of sp³-hybridized carbons (Fsp3) is 0.588. The van der Waals surface area contributed by atoms with Crippen LogP contribution in [0.2, 0.25) is 0 Å². The van der Waals surface area contributed by atoms with E-state index in [1.165, 1.54) is 25.3 Å². The topological polar surface area (TPSA) is 82.5 Å². The van der Waals surface area contributed by atoms with Gasteiger partial charge < -0.3 is 24.6 Å². The Morgan fingerprint density at radius 2 is 1.96 bits per heavy atom. The van der Waals surface area contributed by atoms with Gasteiger partial charge in [-0.2, -0.15) is 0 Å². The maximum atomic E-state index is 13.5. The minimum atomic E-state index is -0.894. The van der Waals surface area contributed by atoms with Gasteiger partial charge in [0.2, 0.25) is 0 Å². The SMILES string of the molecule is COc1ccc(F)cc1C(=O)N1CCN([C@@H]2COC[C@@H](O)[C@H]2O)CC1. The highest BCUT2D eigenvalue weighted by molar-refractivity contribution is 5.97. The summed E-state index contributed by atoms with van der Waals surface area (Å²) in [7, 11) is 1.44. The molecule has 2 heterocycles. The molecule has 0 aromatic heterocycles. The van der Waals surface area contributed by atoms with Gasteiger partial charge >= 0.3 is 0 Å². The van der Waals surface area contributed by atoms with Crippen molar-refractivity contribution in [3.63, 3.8) is 0 Å². The molecule has 0 saturated carbocycles. The number of halogens is 1. The van der Waals surface area contributed by atoms with E-state index in [2.05, 4.69) is 0 Å². The number of benzene rings is 1. The van der Waals surface area contributed by atoms with Gasteiger partial charge in [0, 0.05) is 26.2 Å². The maximum absolute atomic E-state index is 13.5. The van der Waals surface area contributed by atoms with E-state index in [0.29, 0.717) is 38.5 Å². The smallest absolute Gasteiger partial charge is 0.257 e. The number of rotatable bonds is 3. The van der Waals surface area contributed by atoms with Crippen molar-refractivity contribution in [3.05, 3.63) is 29.6 Å². The monoisotopic (exact) mass is 354 g/mol. The molecule has 1 amide bonds. The number of amides is 1. The molecular formula is C17H23FN2O5. The summed E-state index contributed by atoms with van der Waals surface area (Å²) in [6.07, 6.45) is -1.76. The van der Waals surface area contributed by atoms with Gasteiger partial charge in [-0.1, -0.05) is 0 Å². The molecule has 25 heavy (non-hydrogen) atoms. The lowest BCUT2D eigenvalue weighted by atomic mass is 10.0. The lowest BCUT2D eigenvalue weighted by Crippen LogP contribution is -2.60. The number of carbonyl (C=O) groups excluding carboxylic acids is 1. The van der Waals surface area contributed by atoms with Crippen LogP contribution in [-0.4, -0.2) is 90.7 Å². The van der Waals surface area contributed by atoms with Gasteiger partial charge in [-0.3, -0.25) is 9.69 Å². The molecule has 0 bridgehead atoms. The molecule has 3 atom stereocenters. The summed E-state index contributed by atoms with van der Waals surface area (Å²) in [6.45, 7) is 2.46. The van der Waals surface area contributed by atoms with Crippen LogP contribution in [0.5, 0.6) is 5.75 Å². The Morgan fingerprint density at radius 1 is 1.24 bits per heavy atom.